The normalized spacial score (nSPS) is 23.9. The van der Waals surface area contributed by atoms with Crippen molar-refractivity contribution in [1.29, 1.82) is 0 Å². The number of aliphatic hydroxyl groups is 2. The number of carbonyl (C=O) groups is 1. The minimum Gasteiger partial charge on any atom is -0.466 e. The summed E-state index contributed by atoms with van der Waals surface area (Å²) in [6, 6.07) is 6.18. The molecule has 1 aliphatic rings. The first-order chi connectivity index (χ1) is 15.4. The second-order valence-electron chi connectivity index (χ2n) is 9.02. The second kappa shape index (κ2) is 14.6. The Balaban J connectivity index is 1.72. The van der Waals surface area contributed by atoms with E-state index in [1.54, 1.807) is 19.1 Å². The van der Waals surface area contributed by atoms with Gasteiger partial charge < -0.3 is 20.2 Å². The van der Waals surface area contributed by atoms with Gasteiger partial charge in [-0.3, -0.25) is 4.79 Å². The average Bonchev–Trinajstić information content (AvgIpc) is 3.08. The summed E-state index contributed by atoms with van der Waals surface area (Å²) < 4.78 is 17.9. The van der Waals surface area contributed by atoms with Crippen LogP contribution in [-0.2, 0) is 16.0 Å². The molecule has 2 rings (SSSR count). The van der Waals surface area contributed by atoms with Gasteiger partial charge in [0.2, 0.25) is 0 Å². The number of aliphatic hydroxyl groups excluding tert-OH is 2. The Kier molecular flexibility index (Phi) is 12.2. The molecule has 3 unspecified atom stereocenters. The summed E-state index contributed by atoms with van der Waals surface area (Å²) in [5.41, 5.74) is 3.37. The zero-order valence-electron chi connectivity index (χ0n) is 19.2. The van der Waals surface area contributed by atoms with Crippen LogP contribution in [0.2, 0.25) is 0 Å². The van der Waals surface area contributed by atoms with E-state index in [1.807, 2.05) is 0 Å². The van der Waals surface area contributed by atoms with Crippen LogP contribution in [0.3, 0.4) is 0 Å². The smallest absolute Gasteiger partial charge is 0.305 e. The summed E-state index contributed by atoms with van der Waals surface area (Å²) in [5, 5.41) is 30.5. The number of benzene rings is 1. The molecular weight excluding hydrogens is 413 g/mol. The molecule has 0 bridgehead atoms. The fourth-order valence-corrected chi connectivity index (χ4v) is 4.91. The molecular formula is C25H40FNO5. The maximum Gasteiger partial charge on any atom is 0.305 e. The minimum absolute atomic E-state index is 0.0917. The molecule has 7 heteroatoms. The Labute approximate surface area is 191 Å². The third kappa shape index (κ3) is 9.14. The number of ether oxygens (including phenoxy) is 1. The Morgan fingerprint density at radius 2 is 1.84 bits per heavy atom. The first-order valence-electron chi connectivity index (χ1n) is 12.1. The van der Waals surface area contributed by atoms with Crippen molar-refractivity contribution in [2.45, 2.75) is 95.8 Å². The van der Waals surface area contributed by atoms with Gasteiger partial charge in [-0.25, -0.2) is 9.87 Å². The van der Waals surface area contributed by atoms with E-state index in [-0.39, 0.29) is 29.7 Å². The van der Waals surface area contributed by atoms with Crippen molar-refractivity contribution in [1.82, 2.24) is 5.48 Å². The standard InChI is InChI=1S/C25H40FNO5/c1-2-32-25(30)8-6-4-3-5-7-22-21(23(27-31)17-24(22)29)16-15-20(28)14-11-18-9-12-19(26)13-10-18/h9-10,12-13,20-24,27-29,31H,2-8,11,14-17H2,1H3/t20-,21?,22?,23?,24-/m0/s1. The van der Waals surface area contributed by atoms with E-state index >= 15 is 0 Å². The Morgan fingerprint density at radius 3 is 2.53 bits per heavy atom. The van der Waals surface area contributed by atoms with Gasteiger partial charge in [-0.05, 0) is 81.4 Å². The Morgan fingerprint density at radius 1 is 1.12 bits per heavy atom. The van der Waals surface area contributed by atoms with E-state index in [4.69, 9.17) is 4.74 Å². The largest absolute Gasteiger partial charge is 0.466 e. The van der Waals surface area contributed by atoms with Crippen molar-refractivity contribution in [2.24, 2.45) is 11.8 Å². The highest BCUT2D eigenvalue weighted by atomic mass is 19.1. The maximum atomic E-state index is 13.0. The molecule has 0 saturated heterocycles. The average molecular weight is 454 g/mol. The van der Waals surface area contributed by atoms with Crippen molar-refractivity contribution in [3.63, 3.8) is 0 Å². The quantitative estimate of drug-likeness (QED) is 0.181. The molecule has 4 N–H and O–H groups in total. The zero-order valence-corrected chi connectivity index (χ0v) is 19.2. The number of rotatable bonds is 15. The molecule has 1 aromatic rings. The van der Waals surface area contributed by atoms with E-state index in [2.05, 4.69) is 5.48 Å². The number of unbranched alkanes of at least 4 members (excludes halogenated alkanes) is 3. The van der Waals surface area contributed by atoms with Crippen LogP contribution >= 0.6 is 0 Å². The Hall–Kier alpha value is -1.54. The lowest BCUT2D eigenvalue weighted by Crippen LogP contribution is -2.32. The van der Waals surface area contributed by atoms with E-state index < -0.39 is 12.2 Å². The van der Waals surface area contributed by atoms with Crippen LogP contribution in [0.4, 0.5) is 4.39 Å². The second-order valence-corrected chi connectivity index (χ2v) is 9.02. The van der Waals surface area contributed by atoms with Crippen LogP contribution in [0.15, 0.2) is 24.3 Å². The van der Waals surface area contributed by atoms with Gasteiger partial charge in [0.05, 0.1) is 18.8 Å². The van der Waals surface area contributed by atoms with E-state index in [0.717, 1.165) is 44.1 Å². The number of esters is 1. The highest BCUT2D eigenvalue weighted by Gasteiger charge is 2.41. The zero-order chi connectivity index (χ0) is 23.3. The summed E-state index contributed by atoms with van der Waals surface area (Å²) >= 11 is 0. The maximum absolute atomic E-state index is 13.0. The van der Waals surface area contributed by atoms with Crippen molar-refractivity contribution in [2.75, 3.05) is 6.61 Å². The molecule has 0 spiro atoms. The first kappa shape index (κ1) is 26.7. The highest BCUT2D eigenvalue weighted by Crippen LogP contribution is 2.39. The molecule has 32 heavy (non-hydrogen) atoms. The predicted octanol–water partition coefficient (Wildman–Crippen LogP) is 4.15. The summed E-state index contributed by atoms with van der Waals surface area (Å²) in [6.07, 6.45) is 7.26. The van der Waals surface area contributed by atoms with E-state index in [9.17, 15) is 24.6 Å². The predicted molar refractivity (Wildman–Crippen MR) is 121 cm³/mol. The van der Waals surface area contributed by atoms with Gasteiger partial charge in [-0.1, -0.05) is 31.4 Å². The lowest BCUT2D eigenvalue weighted by atomic mass is 9.84. The molecule has 0 radical (unpaired) electrons. The Bertz CT molecular complexity index is 656. The van der Waals surface area contributed by atoms with Crippen LogP contribution < -0.4 is 5.48 Å². The molecule has 6 nitrogen and oxygen atoms in total. The number of halogens is 1. The summed E-state index contributed by atoms with van der Waals surface area (Å²) in [7, 11) is 0. The van der Waals surface area contributed by atoms with Crippen molar-refractivity contribution in [3.05, 3.63) is 35.6 Å². The fourth-order valence-electron chi connectivity index (χ4n) is 4.91. The highest BCUT2D eigenvalue weighted by molar-refractivity contribution is 5.69. The number of aryl methyl sites for hydroxylation is 1. The molecule has 0 aromatic heterocycles. The van der Waals surface area contributed by atoms with Crippen LogP contribution in [0.25, 0.3) is 0 Å². The summed E-state index contributed by atoms with van der Waals surface area (Å²) in [4.78, 5) is 11.4. The number of carbonyl (C=O) groups excluding carboxylic acids is 1. The molecule has 182 valence electrons. The molecule has 5 atom stereocenters. The number of hydrogen-bond donors (Lipinski definition) is 4. The van der Waals surface area contributed by atoms with Crippen LogP contribution in [-0.4, -0.2) is 46.2 Å². The fraction of sp³-hybridized carbons (Fsp3) is 0.720. The van der Waals surface area contributed by atoms with Gasteiger partial charge in [-0.2, -0.15) is 0 Å². The van der Waals surface area contributed by atoms with Gasteiger partial charge in [0.1, 0.15) is 5.82 Å². The van der Waals surface area contributed by atoms with Crippen LogP contribution in [0, 0.1) is 17.7 Å². The number of hydroxylamine groups is 1. The van der Waals surface area contributed by atoms with Gasteiger partial charge in [-0.15, -0.1) is 0 Å². The molecule has 1 aromatic carbocycles. The van der Waals surface area contributed by atoms with Gasteiger partial charge in [0, 0.05) is 12.5 Å². The van der Waals surface area contributed by atoms with Crippen LogP contribution in [0.5, 0.6) is 0 Å². The molecule has 0 heterocycles. The molecule has 0 amide bonds. The van der Waals surface area contributed by atoms with Crippen LogP contribution in [0.1, 0.15) is 76.7 Å². The topological polar surface area (TPSA) is 99.0 Å². The van der Waals surface area contributed by atoms with Crippen molar-refractivity contribution in [3.8, 4) is 0 Å². The van der Waals surface area contributed by atoms with Crippen molar-refractivity contribution >= 4 is 5.97 Å². The van der Waals surface area contributed by atoms with E-state index in [1.165, 1.54) is 12.1 Å². The van der Waals surface area contributed by atoms with Gasteiger partial charge in [0.25, 0.3) is 0 Å². The summed E-state index contributed by atoms with van der Waals surface area (Å²) in [5.74, 6) is -0.209. The lowest BCUT2D eigenvalue weighted by Gasteiger charge is -2.26. The third-order valence-corrected chi connectivity index (χ3v) is 6.71. The lowest BCUT2D eigenvalue weighted by molar-refractivity contribution is -0.143. The number of nitrogens with one attached hydrogen (secondary N) is 1. The van der Waals surface area contributed by atoms with Gasteiger partial charge in [0.15, 0.2) is 0 Å². The first-order valence-corrected chi connectivity index (χ1v) is 12.1. The molecule has 1 aliphatic carbocycles. The van der Waals surface area contributed by atoms with Gasteiger partial charge >= 0.3 is 5.97 Å². The molecule has 1 saturated carbocycles. The SMILES string of the molecule is CCOC(=O)CCCCCCC1C(CC[C@@H](O)CCc2ccc(F)cc2)C(NO)C[C@@H]1O. The van der Waals surface area contributed by atoms with E-state index in [0.29, 0.717) is 38.7 Å². The molecule has 1 fully saturated rings. The summed E-state index contributed by atoms with van der Waals surface area (Å²) in [6.45, 7) is 2.22. The molecule has 0 aliphatic heterocycles. The number of hydrogen-bond acceptors (Lipinski definition) is 6. The third-order valence-electron chi connectivity index (χ3n) is 6.71. The monoisotopic (exact) mass is 453 g/mol. The minimum atomic E-state index is -0.472. The van der Waals surface area contributed by atoms with Crippen molar-refractivity contribution < 1.29 is 29.3 Å².